The van der Waals surface area contributed by atoms with E-state index in [1.165, 1.54) is 12.1 Å². The third-order valence-corrected chi connectivity index (χ3v) is 3.08. The molecule has 2 N–H and O–H groups in total. The van der Waals surface area contributed by atoms with E-state index in [2.05, 4.69) is 21.2 Å². The van der Waals surface area contributed by atoms with Crippen molar-refractivity contribution in [2.75, 3.05) is 5.32 Å². The van der Waals surface area contributed by atoms with Crippen LogP contribution in [0.3, 0.4) is 0 Å². The highest BCUT2D eigenvalue weighted by Gasteiger charge is 2.10. The molecule has 0 aromatic heterocycles. The molecule has 2 aromatic carbocycles. The van der Waals surface area contributed by atoms with Gasteiger partial charge in [-0.25, -0.2) is 9.18 Å². The fourth-order valence-electron chi connectivity index (χ4n) is 1.65. The standard InChI is InChI=1S/C14H11BrFNO2/c15-10-3-1-2-9(6-10)8-17-11-4-5-13(16)12(7-11)14(18)19/h1-7,17H,8H2,(H,18,19). The van der Waals surface area contributed by atoms with Gasteiger partial charge in [-0.3, -0.25) is 0 Å². The lowest BCUT2D eigenvalue weighted by molar-refractivity contribution is 0.0692. The highest BCUT2D eigenvalue weighted by atomic mass is 79.9. The smallest absolute Gasteiger partial charge is 0.338 e. The summed E-state index contributed by atoms with van der Waals surface area (Å²) in [6, 6.07) is 11.7. The van der Waals surface area contributed by atoms with Gasteiger partial charge in [0.15, 0.2) is 0 Å². The average Bonchev–Trinajstić information content (AvgIpc) is 2.37. The first-order chi connectivity index (χ1) is 9.06. The monoisotopic (exact) mass is 323 g/mol. The van der Waals surface area contributed by atoms with Crippen molar-refractivity contribution in [3.63, 3.8) is 0 Å². The van der Waals surface area contributed by atoms with Crippen molar-refractivity contribution in [3.05, 3.63) is 63.9 Å². The van der Waals surface area contributed by atoms with E-state index >= 15 is 0 Å². The predicted molar refractivity (Wildman–Crippen MR) is 74.8 cm³/mol. The molecule has 0 fully saturated rings. The molecule has 0 saturated heterocycles. The van der Waals surface area contributed by atoms with Gasteiger partial charge in [0.2, 0.25) is 0 Å². The molecule has 0 aliphatic rings. The quantitative estimate of drug-likeness (QED) is 0.897. The lowest BCUT2D eigenvalue weighted by Gasteiger charge is -2.08. The Morgan fingerprint density at radius 1 is 1.26 bits per heavy atom. The minimum atomic E-state index is -1.27. The van der Waals surface area contributed by atoms with Crippen LogP contribution in [0, 0.1) is 5.82 Å². The Bertz CT molecular complexity index is 616. The van der Waals surface area contributed by atoms with Crippen molar-refractivity contribution in [1.82, 2.24) is 0 Å². The molecule has 0 bridgehead atoms. The largest absolute Gasteiger partial charge is 0.478 e. The SMILES string of the molecule is O=C(O)c1cc(NCc2cccc(Br)c2)ccc1F. The fourth-order valence-corrected chi connectivity index (χ4v) is 2.10. The van der Waals surface area contributed by atoms with Crippen LogP contribution < -0.4 is 5.32 Å². The second-order valence-electron chi connectivity index (χ2n) is 3.98. The van der Waals surface area contributed by atoms with Crippen LogP contribution in [0.4, 0.5) is 10.1 Å². The minimum Gasteiger partial charge on any atom is -0.478 e. The number of anilines is 1. The summed E-state index contributed by atoms with van der Waals surface area (Å²) in [5.74, 6) is -2.01. The van der Waals surface area contributed by atoms with Gasteiger partial charge in [0.25, 0.3) is 0 Å². The molecule has 3 nitrogen and oxygen atoms in total. The number of nitrogens with one attached hydrogen (secondary N) is 1. The van der Waals surface area contributed by atoms with Crippen LogP contribution in [0.25, 0.3) is 0 Å². The highest BCUT2D eigenvalue weighted by molar-refractivity contribution is 9.10. The topological polar surface area (TPSA) is 49.3 Å². The third-order valence-electron chi connectivity index (χ3n) is 2.58. The summed E-state index contributed by atoms with van der Waals surface area (Å²) < 4.78 is 14.2. The molecular weight excluding hydrogens is 313 g/mol. The number of halogens is 2. The number of hydrogen-bond donors (Lipinski definition) is 2. The Morgan fingerprint density at radius 2 is 2.05 bits per heavy atom. The third kappa shape index (κ3) is 3.54. The molecule has 2 rings (SSSR count). The van der Waals surface area contributed by atoms with Gasteiger partial charge in [-0.1, -0.05) is 28.1 Å². The molecule has 5 heteroatoms. The maximum absolute atomic E-state index is 13.2. The molecule has 2 aromatic rings. The van der Waals surface area contributed by atoms with Crippen molar-refractivity contribution < 1.29 is 14.3 Å². The normalized spacial score (nSPS) is 10.2. The minimum absolute atomic E-state index is 0.334. The first-order valence-corrected chi connectivity index (χ1v) is 6.37. The maximum atomic E-state index is 13.2. The summed E-state index contributed by atoms with van der Waals surface area (Å²) in [7, 11) is 0. The summed E-state index contributed by atoms with van der Waals surface area (Å²) in [6.45, 7) is 0.532. The molecule has 0 heterocycles. The van der Waals surface area contributed by atoms with E-state index in [4.69, 9.17) is 5.11 Å². The number of aromatic carboxylic acids is 1. The van der Waals surface area contributed by atoms with Crippen LogP contribution in [-0.4, -0.2) is 11.1 Å². The Balaban J connectivity index is 2.12. The first-order valence-electron chi connectivity index (χ1n) is 5.57. The summed E-state index contributed by atoms with van der Waals surface area (Å²) in [6.07, 6.45) is 0. The van der Waals surface area contributed by atoms with Crippen LogP contribution in [-0.2, 0) is 6.54 Å². The van der Waals surface area contributed by atoms with Crippen LogP contribution in [0.15, 0.2) is 46.9 Å². The van der Waals surface area contributed by atoms with Gasteiger partial charge in [0, 0.05) is 16.7 Å². The molecule has 19 heavy (non-hydrogen) atoms. The zero-order valence-corrected chi connectivity index (χ0v) is 11.4. The Kier molecular flexibility index (Phi) is 4.16. The Morgan fingerprint density at radius 3 is 2.74 bits per heavy atom. The number of rotatable bonds is 4. The van der Waals surface area contributed by atoms with Crippen molar-refractivity contribution in [3.8, 4) is 0 Å². The second-order valence-corrected chi connectivity index (χ2v) is 4.90. The number of carbonyl (C=O) groups is 1. The molecule has 0 amide bonds. The fraction of sp³-hybridized carbons (Fsp3) is 0.0714. The van der Waals surface area contributed by atoms with E-state index in [-0.39, 0.29) is 5.56 Å². The number of benzene rings is 2. The van der Waals surface area contributed by atoms with E-state index in [0.29, 0.717) is 12.2 Å². The van der Waals surface area contributed by atoms with Gasteiger partial charge in [-0.05, 0) is 35.9 Å². The van der Waals surface area contributed by atoms with Crippen molar-refractivity contribution in [2.24, 2.45) is 0 Å². The van der Waals surface area contributed by atoms with Gasteiger partial charge in [0.1, 0.15) is 5.82 Å². The summed E-state index contributed by atoms with van der Waals surface area (Å²) in [5, 5.41) is 11.9. The average molecular weight is 324 g/mol. The first kappa shape index (κ1) is 13.5. The zero-order chi connectivity index (χ0) is 13.8. The van der Waals surface area contributed by atoms with E-state index in [1.54, 1.807) is 0 Å². The van der Waals surface area contributed by atoms with Crippen LogP contribution in [0.2, 0.25) is 0 Å². The second kappa shape index (κ2) is 5.84. The van der Waals surface area contributed by atoms with Gasteiger partial charge < -0.3 is 10.4 Å². The molecular formula is C14H11BrFNO2. The van der Waals surface area contributed by atoms with Gasteiger partial charge in [0.05, 0.1) is 5.56 Å². The van der Waals surface area contributed by atoms with Crippen LogP contribution >= 0.6 is 15.9 Å². The predicted octanol–water partition coefficient (Wildman–Crippen LogP) is 3.90. The molecule has 0 spiro atoms. The maximum Gasteiger partial charge on any atom is 0.338 e. The van der Waals surface area contributed by atoms with Crippen LogP contribution in [0.5, 0.6) is 0 Å². The Labute approximate surface area is 118 Å². The van der Waals surface area contributed by atoms with Gasteiger partial charge >= 0.3 is 5.97 Å². The molecule has 0 atom stereocenters. The highest BCUT2D eigenvalue weighted by Crippen LogP contribution is 2.17. The number of hydrogen-bond acceptors (Lipinski definition) is 2. The summed E-state index contributed by atoms with van der Waals surface area (Å²) >= 11 is 3.37. The lowest BCUT2D eigenvalue weighted by Crippen LogP contribution is -2.04. The molecule has 0 aliphatic carbocycles. The molecule has 0 unspecified atom stereocenters. The molecule has 0 radical (unpaired) electrons. The lowest BCUT2D eigenvalue weighted by atomic mass is 10.1. The zero-order valence-electron chi connectivity index (χ0n) is 9.86. The van der Waals surface area contributed by atoms with E-state index in [9.17, 15) is 9.18 Å². The molecule has 0 saturated carbocycles. The van der Waals surface area contributed by atoms with Gasteiger partial charge in [-0.15, -0.1) is 0 Å². The van der Waals surface area contributed by atoms with E-state index < -0.39 is 11.8 Å². The van der Waals surface area contributed by atoms with Crippen molar-refractivity contribution >= 4 is 27.6 Å². The van der Waals surface area contributed by atoms with E-state index in [1.807, 2.05) is 24.3 Å². The summed E-state index contributed by atoms with van der Waals surface area (Å²) in [5.41, 5.74) is 1.27. The molecule has 0 aliphatic heterocycles. The van der Waals surface area contributed by atoms with E-state index in [0.717, 1.165) is 16.1 Å². The number of carboxylic acids is 1. The van der Waals surface area contributed by atoms with Crippen molar-refractivity contribution in [1.29, 1.82) is 0 Å². The molecule has 98 valence electrons. The summed E-state index contributed by atoms with van der Waals surface area (Å²) in [4.78, 5) is 10.8. The van der Waals surface area contributed by atoms with Gasteiger partial charge in [-0.2, -0.15) is 0 Å². The number of carboxylic acid groups (broad SMARTS) is 1. The van der Waals surface area contributed by atoms with Crippen LogP contribution in [0.1, 0.15) is 15.9 Å². The van der Waals surface area contributed by atoms with Crippen molar-refractivity contribution in [2.45, 2.75) is 6.54 Å². The Hall–Kier alpha value is -1.88.